The lowest BCUT2D eigenvalue weighted by Crippen LogP contribution is -2.29. The Balaban J connectivity index is 1.34. The minimum atomic E-state index is -0.00847. The number of benzene rings is 2. The van der Waals surface area contributed by atoms with Crippen LogP contribution in [0.15, 0.2) is 59.6 Å². The average Bonchev–Trinajstić information content (AvgIpc) is 3.26. The van der Waals surface area contributed by atoms with E-state index in [1.54, 1.807) is 11.3 Å². The lowest BCUT2D eigenvalue weighted by Gasteiger charge is -2.28. The molecule has 0 saturated carbocycles. The Kier molecular flexibility index (Phi) is 6.87. The summed E-state index contributed by atoms with van der Waals surface area (Å²) in [5.74, 6) is -0.00847. The van der Waals surface area contributed by atoms with Crippen molar-refractivity contribution >= 4 is 34.1 Å². The fourth-order valence-corrected chi connectivity index (χ4v) is 6.03. The van der Waals surface area contributed by atoms with Gasteiger partial charge >= 0.3 is 0 Å². The monoisotopic (exact) mass is 457 g/mol. The van der Waals surface area contributed by atoms with Crippen molar-refractivity contribution in [1.82, 2.24) is 5.32 Å². The van der Waals surface area contributed by atoms with E-state index >= 15 is 0 Å². The molecule has 1 aliphatic carbocycles. The average molecular weight is 458 g/mol. The van der Waals surface area contributed by atoms with Gasteiger partial charge in [0.1, 0.15) is 5.00 Å². The highest BCUT2D eigenvalue weighted by Gasteiger charge is 2.25. The van der Waals surface area contributed by atoms with Gasteiger partial charge in [-0.15, -0.1) is 11.3 Å². The van der Waals surface area contributed by atoms with E-state index in [4.69, 9.17) is 4.99 Å². The first-order chi connectivity index (χ1) is 16.3. The molecule has 0 spiro atoms. The van der Waals surface area contributed by atoms with Crippen LogP contribution < -0.4 is 10.2 Å². The van der Waals surface area contributed by atoms with Crippen molar-refractivity contribution in [2.24, 2.45) is 4.99 Å². The first-order valence-corrected chi connectivity index (χ1v) is 13.0. The number of fused-ring (bicyclic) bond motifs is 1. The Morgan fingerprint density at radius 2 is 1.70 bits per heavy atom. The molecule has 1 aromatic heterocycles. The molecule has 1 amide bonds. The first-order valence-electron chi connectivity index (χ1n) is 12.1. The zero-order chi connectivity index (χ0) is 22.5. The maximum Gasteiger partial charge on any atom is 0.254 e. The smallest absolute Gasteiger partial charge is 0.254 e. The van der Waals surface area contributed by atoms with E-state index in [0.717, 1.165) is 54.0 Å². The number of thiophene rings is 1. The fraction of sp³-hybridized carbons (Fsp3) is 0.357. The summed E-state index contributed by atoms with van der Waals surface area (Å²) >= 11 is 1.69. The van der Waals surface area contributed by atoms with Gasteiger partial charge in [0, 0.05) is 36.4 Å². The van der Waals surface area contributed by atoms with Gasteiger partial charge in [-0.1, -0.05) is 42.5 Å². The summed E-state index contributed by atoms with van der Waals surface area (Å²) in [6, 6.07) is 18.7. The van der Waals surface area contributed by atoms with Crippen molar-refractivity contribution in [2.75, 3.05) is 18.0 Å². The first kappa shape index (κ1) is 21.9. The number of aryl methyl sites for hydroxylation is 1. The molecule has 170 valence electrons. The van der Waals surface area contributed by atoms with Gasteiger partial charge in [0.2, 0.25) is 0 Å². The van der Waals surface area contributed by atoms with Gasteiger partial charge in [-0.3, -0.25) is 4.79 Å². The number of rotatable bonds is 6. The van der Waals surface area contributed by atoms with Gasteiger partial charge in [0.15, 0.2) is 0 Å². The largest absolute Gasteiger partial charge is 0.372 e. The normalized spacial score (nSPS) is 16.1. The molecule has 3 aromatic rings. The number of amides is 1. The Morgan fingerprint density at radius 3 is 2.48 bits per heavy atom. The summed E-state index contributed by atoms with van der Waals surface area (Å²) in [6.45, 7) is 2.83. The van der Waals surface area contributed by atoms with Gasteiger partial charge in [0.05, 0.1) is 5.56 Å². The standard InChI is InChI=1S/C28H31N3OS/c32-27(29-19-21-9-3-1-4-10-21)26-24-11-5-6-12-25(24)33-28(26)30-20-22-13-15-23(16-14-22)31-17-7-2-8-18-31/h1,3-4,9-10,13-16,20H,2,5-8,11-12,17-19H2,(H,29,32). The van der Waals surface area contributed by atoms with Crippen LogP contribution in [0, 0.1) is 0 Å². The van der Waals surface area contributed by atoms with Crippen molar-refractivity contribution in [2.45, 2.75) is 51.5 Å². The van der Waals surface area contributed by atoms with E-state index in [0.29, 0.717) is 6.54 Å². The number of carbonyl (C=O) groups excluding carboxylic acids is 1. The van der Waals surface area contributed by atoms with Gasteiger partial charge in [-0.05, 0) is 73.8 Å². The maximum atomic E-state index is 13.2. The Bertz CT molecular complexity index is 1110. The third-order valence-electron chi connectivity index (χ3n) is 6.62. The molecule has 0 atom stereocenters. The Labute approximate surface area is 200 Å². The van der Waals surface area contributed by atoms with E-state index in [-0.39, 0.29) is 5.91 Å². The highest BCUT2D eigenvalue weighted by molar-refractivity contribution is 7.16. The van der Waals surface area contributed by atoms with Crippen molar-refractivity contribution in [1.29, 1.82) is 0 Å². The summed E-state index contributed by atoms with van der Waals surface area (Å²) in [5.41, 5.74) is 5.46. The number of anilines is 1. The van der Waals surface area contributed by atoms with Crippen LogP contribution in [0.25, 0.3) is 0 Å². The molecule has 2 heterocycles. The fourth-order valence-electron chi connectivity index (χ4n) is 4.80. The number of aliphatic imine (C=N–C) groups is 1. The van der Waals surface area contributed by atoms with Crippen LogP contribution in [-0.2, 0) is 19.4 Å². The molecule has 5 rings (SSSR count). The molecule has 33 heavy (non-hydrogen) atoms. The van der Waals surface area contributed by atoms with Crippen molar-refractivity contribution in [3.8, 4) is 0 Å². The van der Waals surface area contributed by atoms with Crippen LogP contribution in [0.5, 0.6) is 0 Å². The predicted molar refractivity (Wildman–Crippen MR) is 138 cm³/mol. The summed E-state index contributed by atoms with van der Waals surface area (Å²) in [7, 11) is 0. The van der Waals surface area contributed by atoms with E-state index in [1.807, 2.05) is 36.5 Å². The molecule has 2 aliphatic rings. The van der Waals surface area contributed by atoms with E-state index in [2.05, 4.69) is 34.5 Å². The second-order valence-electron chi connectivity index (χ2n) is 8.96. The third kappa shape index (κ3) is 5.19. The van der Waals surface area contributed by atoms with Crippen molar-refractivity contribution in [3.05, 3.63) is 81.7 Å². The Morgan fingerprint density at radius 1 is 0.939 bits per heavy atom. The van der Waals surface area contributed by atoms with Crippen molar-refractivity contribution in [3.63, 3.8) is 0 Å². The van der Waals surface area contributed by atoms with E-state index in [9.17, 15) is 4.79 Å². The van der Waals surface area contributed by atoms with Crippen molar-refractivity contribution < 1.29 is 4.79 Å². The molecule has 0 bridgehead atoms. The zero-order valence-corrected chi connectivity index (χ0v) is 19.9. The molecule has 0 unspecified atom stereocenters. The molecule has 1 fully saturated rings. The number of nitrogens with one attached hydrogen (secondary N) is 1. The predicted octanol–water partition coefficient (Wildman–Crippen LogP) is 6.30. The SMILES string of the molecule is O=C(NCc1ccccc1)c1c(N=Cc2ccc(N3CCCCC3)cc2)sc2c1CCCC2. The maximum absolute atomic E-state index is 13.2. The quantitative estimate of drug-likeness (QED) is 0.442. The minimum Gasteiger partial charge on any atom is -0.372 e. The lowest BCUT2D eigenvalue weighted by molar-refractivity contribution is 0.0951. The third-order valence-corrected chi connectivity index (χ3v) is 7.82. The van der Waals surface area contributed by atoms with Crippen LogP contribution in [0.3, 0.4) is 0 Å². The van der Waals surface area contributed by atoms with Crippen LogP contribution >= 0.6 is 11.3 Å². The minimum absolute atomic E-state index is 0.00847. The number of hydrogen-bond donors (Lipinski definition) is 1. The topological polar surface area (TPSA) is 44.7 Å². The molecular formula is C28H31N3OS. The molecule has 2 aromatic carbocycles. The molecule has 1 N–H and O–H groups in total. The van der Waals surface area contributed by atoms with Gasteiger partial charge in [-0.2, -0.15) is 0 Å². The summed E-state index contributed by atoms with van der Waals surface area (Å²) < 4.78 is 0. The van der Waals surface area contributed by atoms with Gasteiger partial charge in [-0.25, -0.2) is 4.99 Å². The molecule has 0 radical (unpaired) electrons. The molecule has 1 aliphatic heterocycles. The summed E-state index contributed by atoms with van der Waals surface area (Å²) in [4.78, 5) is 21.8. The van der Waals surface area contributed by atoms with E-state index in [1.165, 1.54) is 41.8 Å². The molecular weight excluding hydrogens is 426 g/mol. The number of carbonyl (C=O) groups is 1. The summed E-state index contributed by atoms with van der Waals surface area (Å²) in [5, 5.41) is 3.96. The van der Waals surface area contributed by atoms with Crippen LogP contribution in [-0.4, -0.2) is 25.2 Å². The number of hydrogen-bond acceptors (Lipinski definition) is 4. The highest BCUT2D eigenvalue weighted by Crippen LogP contribution is 2.40. The highest BCUT2D eigenvalue weighted by atomic mass is 32.1. The second kappa shape index (κ2) is 10.3. The van der Waals surface area contributed by atoms with E-state index < -0.39 is 0 Å². The summed E-state index contributed by atoms with van der Waals surface area (Å²) in [6.07, 6.45) is 10.2. The van der Waals surface area contributed by atoms with Crippen LogP contribution in [0.1, 0.15) is 64.0 Å². The molecule has 5 heteroatoms. The van der Waals surface area contributed by atoms with Gasteiger partial charge in [0.25, 0.3) is 5.91 Å². The van der Waals surface area contributed by atoms with Gasteiger partial charge < -0.3 is 10.2 Å². The number of piperidine rings is 1. The van der Waals surface area contributed by atoms with Crippen LogP contribution in [0.4, 0.5) is 10.7 Å². The molecule has 1 saturated heterocycles. The lowest BCUT2D eigenvalue weighted by atomic mass is 9.95. The molecule has 4 nitrogen and oxygen atoms in total. The second-order valence-corrected chi connectivity index (χ2v) is 10.0. The number of nitrogens with zero attached hydrogens (tertiary/aromatic N) is 2. The Hall–Kier alpha value is -2.92. The zero-order valence-electron chi connectivity index (χ0n) is 19.1. The van der Waals surface area contributed by atoms with Crippen LogP contribution in [0.2, 0.25) is 0 Å².